The van der Waals surface area contributed by atoms with Gasteiger partial charge in [0.2, 0.25) is 0 Å². The number of nitrogens with zero attached hydrogens (tertiary/aromatic N) is 4. The summed E-state index contributed by atoms with van der Waals surface area (Å²) in [6.45, 7) is 5.86. The highest BCUT2D eigenvalue weighted by atomic mass is 16.2. The van der Waals surface area contributed by atoms with E-state index in [1.807, 2.05) is 30.2 Å². The number of rotatable bonds is 2. The number of carbonyl (C=O) groups excluding carboxylic acids is 1. The molecule has 2 saturated heterocycles. The Bertz CT molecular complexity index is 743. The van der Waals surface area contributed by atoms with E-state index in [4.69, 9.17) is 0 Å². The number of pyridine rings is 1. The van der Waals surface area contributed by atoms with E-state index >= 15 is 0 Å². The van der Waals surface area contributed by atoms with Crippen molar-refractivity contribution in [2.45, 2.75) is 32.6 Å². The second-order valence-corrected chi connectivity index (χ2v) is 7.24. The molecular formula is C18H26N6O. The molecule has 2 aliphatic rings. The molecule has 134 valence electrons. The minimum Gasteiger partial charge on any atom is -0.325 e. The van der Waals surface area contributed by atoms with Gasteiger partial charge in [-0.15, -0.1) is 0 Å². The van der Waals surface area contributed by atoms with Crippen molar-refractivity contribution in [2.24, 2.45) is 11.8 Å². The van der Waals surface area contributed by atoms with Crippen molar-refractivity contribution in [3.63, 3.8) is 0 Å². The normalized spacial score (nSPS) is 22.3. The number of carbonyl (C=O) groups is 1. The lowest BCUT2D eigenvalue weighted by Gasteiger charge is -2.37. The van der Waals surface area contributed by atoms with Crippen molar-refractivity contribution in [1.82, 2.24) is 24.8 Å². The molecule has 0 aliphatic carbocycles. The molecule has 25 heavy (non-hydrogen) atoms. The van der Waals surface area contributed by atoms with Gasteiger partial charge in [0, 0.05) is 13.1 Å². The van der Waals surface area contributed by atoms with E-state index in [2.05, 4.69) is 20.7 Å². The fourth-order valence-corrected chi connectivity index (χ4v) is 4.13. The molecule has 0 radical (unpaired) electrons. The van der Waals surface area contributed by atoms with Crippen LogP contribution in [-0.2, 0) is 0 Å². The second kappa shape index (κ2) is 7.00. The van der Waals surface area contributed by atoms with E-state index in [9.17, 15) is 4.79 Å². The molecule has 7 heteroatoms. The maximum Gasteiger partial charge on any atom is 0.321 e. The van der Waals surface area contributed by atoms with Gasteiger partial charge in [-0.1, -0.05) is 0 Å². The van der Waals surface area contributed by atoms with Gasteiger partial charge < -0.3 is 15.5 Å². The summed E-state index contributed by atoms with van der Waals surface area (Å²) < 4.78 is 1.70. The Kier molecular flexibility index (Phi) is 4.57. The molecule has 2 aromatic heterocycles. The van der Waals surface area contributed by atoms with E-state index in [1.54, 1.807) is 4.52 Å². The molecule has 4 rings (SSSR count). The Labute approximate surface area is 147 Å². The summed E-state index contributed by atoms with van der Waals surface area (Å²) in [5, 5.41) is 10.8. The van der Waals surface area contributed by atoms with Crippen molar-refractivity contribution < 1.29 is 4.79 Å². The van der Waals surface area contributed by atoms with Gasteiger partial charge in [0.05, 0.1) is 11.9 Å². The van der Waals surface area contributed by atoms with Gasteiger partial charge in [0.1, 0.15) is 5.82 Å². The van der Waals surface area contributed by atoms with E-state index in [0.29, 0.717) is 0 Å². The Morgan fingerprint density at radius 2 is 2.08 bits per heavy atom. The average molecular weight is 342 g/mol. The molecule has 1 unspecified atom stereocenters. The summed E-state index contributed by atoms with van der Waals surface area (Å²) >= 11 is 0. The number of likely N-dealkylation sites (tertiary alicyclic amines) is 1. The monoisotopic (exact) mass is 342 g/mol. The van der Waals surface area contributed by atoms with E-state index in [1.165, 1.54) is 12.8 Å². The van der Waals surface area contributed by atoms with Crippen LogP contribution in [0.4, 0.5) is 10.5 Å². The molecule has 7 nitrogen and oxygen atoms in total. The van der Waals surface area contributed by atoms with Crippen LogP contribution in [0.5, 0.6) is 0 Å². The first kappa shape index (κ1) is 16.3. The zero-order valence-electron chi connectivity index (χ0n) is 14.7. The molecule has 0 saturated carbocycles. The van der Waals surface area contributed by atoms with Crippen LogP contribution >= 0.6 is 0 Å². The topological polar surface area (TPSA) is 74.6 Å². The average Bonchev–Trinajstić information content (AvgIpc) is 3.02. The Morgan fingerprint density at radius 3 is 2.84 bits per heavy atom. The van der Waals surface area contributed by atoms with Crippen molar-refractivity contribution in [3.8, 4) is 0 Å². The van der Waals surface area contributed by atoms with Crippen LogP contribution in [0.1, 0.15) is 31.5 Å². The summed E-state index contributed by atoms with van der Waals surface area (Å²) in [4.78, 5) is 18.8. The molecule has 2 aliphatic heterocycles. The highest BCUT2D eigenvalue weighted by Gasteiger charge is 2.29. The van der Waals surface area contributed by atoms with E-state index in [-0.39, 0.29) is 6.03 Å². The van der Waals surface area contributed by atoms with Crippen LogP contribution in [0.3, 0.4) is 0 Å². The van der Waals surface area contributed by atoms with E-state index < -0.39 is 0 Å². The maximum atomic E-state index is 12.5. The minimum atomic E-state index is -0.0172. The third-order valence-corrected chi connectivity index (χ3v) is 5.52. The second-order valence-electron chi connectivity index (χ2n) is 7.24. The molecule has 0 bridgehead atoms. The maximum absolute atomic E-state index is 12.5. The zero-order valence-corrected chi connectivity index (χ0v) is 14.7. The standard InChI is InChI=1S/C18H26N6O/c1-13-20-17-5-4-16(12-24(17)22-13)21-18(25)23-9-6-14(7-10-23)15-3-2-8-19-11-15/h4-5,12,14-15,19H,2-3,6-11H2,1H3,(H,21,25). The number of amides is 2. The smallest absolute Gasteiger partial charge is 0.321 e. The quantitative estimate of drug-likeness (QED) is 0.878. The SMILES string of the molecule is Cc1nc2ccc(NC(=O)N3CCC(C4CCCNC4)CC3)cn2n1. The summed E-state index contributed by atoms with van der Waals surface area (Å²) in [5.74, 6) is 2.27. The molecule has 0 spiro atoms. The third-order valence-electron chi connectivity index (χ3n) is 5.52. The number of aryl methyl sites for hydroxylation is 1. The van der Waals surface area contributed by atoms with E-state index in [0.717, 1.165) is 68.0 Å². The highest BCUT2D eigenvalue weighted by Crippen LogP contribution is 2.29. The van der Waals surface area contributed by atoms with Crippen molar-refractivity contribution >= 4 is 17.4 Å². The molecule has 2 fully saturated rings. The number of hydrogen-bond acceptors (Lipinski definition) is 4. The van der Waals surface area contributed by atoms with Gasteiger partial charge in [0.15, 0.2) is 5.65 Å². The van der Waals surface area contributed by atoms with Crippen molar-refractivity contribution in [3.05, 3.63) is 24.2 Å². The molecule has 2 aromatic rings. The van der Waals surface area contributed by atoms with Gasteiger partial charge in [-0.05, 0) is 69.7 Å². The number of anilines is 1. The summed E-state index contributed by atoms with van der Waals surface area (Å²) in [5.41, 5.74) is 1.54. The van der Waals surface area contributed by atoms with Crippen LogP contribution < -0.4 is 10.6 Å². The highest BCUT2D eigenvalue weighted by molar-refractivity contribution is 5.89. The van der Waals surface area contributed by atoms with Crippen LogP contribution in [0.25, 0.3) is 5.65 Å². The number of piperidine rings is 2. The predicted molar refractivity (Wildman–Crippen MR) is 96.6 cm³/mol. The molecule has 1 atom stereocenters. The molecular weight excluding hydrogens is 316 g/mol. The fraction of sp³-hybridized carbons (Fsp3) is 0.611. The molecule has 4 heterocycles. The summed E-state index contributed by atoms with van der Waals surface area (Å²) in [7, 11) is 0. The van der Waals surface area contributed by atoms with Gasteiger partial charge in [-0.25, -0.2) is 14.3 Å². The van der Waals surface area contributed by atoms with Gasteiger partial charge in [-0.2, -0.15) is 5.10 Å². The number of fused-ring (bicyclic) bond motifs is 1. The number of urea groups is 1. The molecule has 2 N–H and O–H groups in total. The lowest BCUT2D eigenvalue weighted by atomic mass is 9.80. The lowest BCUT2D eigenvalue weighted by Crippen LogP contribution is -2.44. The predicted octanol–water partition coefficient (Wildman–Crippen LogP) is 2.28. The Hall–Kier alpha value is -2.15. The summed E-state index contributed by atoms with van der Waals surface area (Å²) in [6.07, 6.45) is 6.66. The fourth-order valence-electron chi connectivity index (χ4n) is 4.13. The van der Waals surface area contributed by atoms with Gasteiger partial charge in [-0.3, -0.25) is 0 Å². The van der Waals surface area contributed by atoms with Crippen molar-refractivity contribution in [2.75, 3.05) is 31.5 Å². The zero-order chi connectivity index (χ0) is 17.2. The third kappa shape index (κ3) is 3.61. The Morgan fingerprint density at radius 1 is 1.24 bits per heavy atom. The summed E-state index contributed by atoms with van der Waals surface area (Å²) in [6, 6.07) is 3.73. The number of aromatic nitrogens is 3. The van der Waals surface area contributed by atoms with Gasteiger partial charge >= 0.3 is 6.03 Å². The first-order valence-electron chi connectivity index (χ1n) is 9.29. The molecule has 2 amide bonds. The van der Waals surface area contributed by atoms with Crippen LogP contribution in [0, 0.1) is 18.8 Å². The van der Waals surface area contributed by atoms with Crippen LogP contribution in [-0.4, -0.2) is 51.7 Å². The Balaban J connectivity index is 1.33. The molecule has 0 aromatic carbocycles. The largest absolute Gasteiger partial charge is 0.325 e. The number of hydrogen-bond donors (Lipinski definition) is 2. The van der Waals surface area contributed by atoms with Crippen molar-refractivity contribution in [1.29, 1.82) is 0 Å². The van der Waals surface area contributed by atoms with Crippen LogP contribution in [0.2, 0.25) is 0 Å². The minimum absolute atomic E-state index is 0.0172. The first-order chi connectivity index (χ1) is 12.2. The first-order valence-corrected chi connectivity index (χ1v) is 9.29. The number of nitrogens with one attached hydrogen (secondary N) is 2. The van der Waals surface area contributed by atoms with Gasteiger partial charge in [0.25, 0.3) is 0 Å². The van der Waals surface area contributed by atoms with Crippen LogP contribution in [0.15, 0.2) is 18.3 Å². The lowest BCUT2D eigenvalue weighted by molar-refractivity contribution is 0.146.